The Kier molecular flexibility index (Phi) is 4.51. The third-order valence-corrected chi connectivity index (χ3v) is 5.04. The Balaban J connectivity index is 2.23. The smallest absolute Gasteiger partial charge is 0.242 e. The van der Waals surface area contributed by atoms with Crippen LogP contribution in [0.3, 0.4) is 0 Å². The second-order valence-electron chi connectivity index (χ2n) is 3.77. The first-order valence-corrected chi connectivity index (χ1v) is 8.30. The van der Waals surface area contributed by atoms with Crippen LogP contribution in [0.4, 0.5) is 0 Å². The summed E-state index contributed by atoms with van der Waals surface area (Å²) in [5.74, 6) is 0. The van der Waals surface area contributed by atoms with E-state index >= 15 is 0 Å². The summed E-state index contributed by atoms with van der Waals surface area (Å²) in [6.07, 6.45) is 3.51. The Labute approximate surface area is 120 Å². The summed E-state index contributed by atoms with van der Waals surface area (Å²) in [4.78, 5) is 8.00. The predicted octanol–water partition coefficient (Wildman–Crippen LogP) is 2.62. The van der Waals surface area contributed by atoms with Crippen molar-refractivity contribution in [2.75, 3.05) is 0 Å². The molecule has 0 spiro atoms. The van der Waals surface area contributed by atoms with E-state index in [-0.39, 0.29) is 16.1 Å². The van der Waals surface area contributed by atoms with Gasteiger partial charge in [-0.3, -0.25) is 0 Å². The van der Waals surface area contributed by atoms with Crippen molar-refractivity contribution in [1.29, 1.82) is 0 Å². The predicted molar refractivity (Wildman–Crippen MR) is 74.7 cm³/mol. The van der Waals surface area contributed by atoms with Gasteiger partial charge in [-0.1, -0.05) is 18.5 Å². The SMILES string of the molecule is CCC(NS(=O)(=O)c1ccc(Cl)nc1)c1nccs1. The average molecular weight is 318 g/mol. The molecule has 2 rings (SSSR count). The summed E-state index contributed by atoms with van der Waals surface area (Å²) in [6, 6.07) is 2.54. The Morgan fingerprint density at radius 1 is 1.42 bits per heavy atom. The van der Waals surface area contributed by atoms with Gasteiger partial charge in [0.05, 0.1) is 6.04 Å². The van der Waals surface area contributed by atoms with E-state index in [1.807, 2.05) is 12.3 Å². The molecule has 0 aromatic carbocycles. The van der Waals surface area contributed by atoms with Crippen LogP contribution < -0.4 is 4.72 Å². The highest BCUT2D eigenvalue weighted by Gasteiger charge is 2.21. The zero-order chi connectivity index (χ0) is 13.9. The summed E-state index contributed by atoms with van der Waals surface area (Å²) in [5, 5.41) is 2.81. The molecule has 0 saturated heterocycles. The molecule has 2 aromatic rings. The van der Waals surface area contributed by atoms with Crippen LogP contribution in [-0.4, -0.2) is 18.4 Å². The van der Waals surface area contributed by atoms with E-state index in [4.69, 9.17) is 11.6 Å². The van der Waals surface area contributed by atoms with Crippen molar-refractivity contribution < 1.29 is 8.42 Å². The highest BCUT2D eigenvalue weighted by Crippen LogP contribution is 2.21. The fourth-order valence-corrected chi connectivity index (χ4v) is 3.68. The fraction of sp³-hybridized carbons (Fsp3) is 0.273. The van der Waals surface area contributed by atoms with Gasteiger partial charge in [0.15, 0.2) is 0 Å². The summed E-state index contributed by atoms with van der Waals surface area (Å²) in [6.45, 7) is 1.90. The highest BCUT2D eigenvalue weighted by atomic mass is 35.5. The molecular formula is C11H12ClN3O2S2. The van der Waals surface area contributed by atoms with Crippen LogP contribution in [0.15, 0.2) is 34.8 Å². The van der Waals surface area contributed by atoms with Gasteiger partial charge in [-0.15, -0.1) is 11.3 Å². The summed E-state index contributed by atoms with van der Waals surface area (Å²) >= 11 is 7.06. The lowest BCUT2D eigenvalue weighted by Crippen LogP contribution is -2.28. The van der Waals surface area contributed by atoms with Gasteiger partial charge in [0.1, 0.15) is 15.1 Å². The summed E-state index contributed by atoms with van der Waals surface area (Å²) in [5.41, 5.74) is 0. The van der Waals surface area contributed by atoms with E-state index < -0.39 is 10.0 Å². The average Bonchev–Trinajstić information content (AvgIpc) is 2.90. The number of pyridine rings is 1. The van der Waals surface area contributed by atoms with Crippen LogP contribution in [0.5, 0.6) is 0 Å². The lowest BCUT2D eigenvalue weighted by Gasteiger charge is -2.14. The monoisotopic (exact) mass is 317 g/mol. The van der Waals surface area contributed by atoms with Crippen LogP contribution in [0, 0.1) is 0 Å². The van der Waals surface area contributed by atoms with Gasteiger partial charge in [0.25, 0.3) is 0 Å². The largest absolute Gasteiger partial charge is 0.248 e. The molecule has 1 unspecified atom stereocenters. The molecule has 102 valence electrons. The molecule has 0 bridgehead atoms. The molecule has 0 aliphatic carbocycles. The molecule has 2 heterocycles. The Hall–Kier alpha value is -1.02. The lowest BCUT2D eigenvalue weighted by atomic mass is 10.3. The quantitative estimate of drug-likeness (QED) is 0.860. The van der Waals surface area contributed by atoms with E-state index in [0.29, 0.717) is 6.42 Å². The van der Waals surface area contributed by atoms with Crippen molar-refractivity contribution in [2.24, 2.45) is 0 Å². The second kappa shape index (κ2) is 5.96. The number of thiazole rings is 1. The molecule has 0 radical (unpaired) electrons. The minimum atomic E-state index is -3.62. The molecule has 0 aliphatic heterocycles. The number of hydrogen-bond donors (Lipinski definition) is 1. The van der Waals surface area contributed by atoms with E-state index in [2.05, 4.69) is 14.7 Å². The molecule has 8 heteroatoms. The van der Waals surface area contributed by atoms with Gasteiger partial charge in [-0.2, -0.15) is 0 Å². The molecule has 0 saturated carbocycles. The third-order valence-electron chi connectivity index (χ3n) is 2.47. The van der Waals surface area contributed by atoms with E-state index in [1.54, 1.807) is 6.20 Å². The van der Waals surface area contributed by atoms with Crippen LogP contribution in [0.1, 0.15) is 24.4 Å². The van der Waals surface area contributed by atoms with Crippen molar-refractivity contribution in [1.82, 2.24) is 14.7 Å². The zero-order valence-electron chi connectivity index (χ0n) is 10.1. The number of hydrogen-bond acceptors (Lipinski definition) is 5. The van der Waals surface area contributed by atoms with E-state index in [1.165, 1.54) is 29.7 Å². The highest BCUT2D eigenvalue weighted by molar-refractivity contribution is 7.89. The maximum atomic E-state index is 12.2. The number of nitrogens with one attached hydrogen (secondary N) is 1. The third kappa shape index (κ3) is 3.50. The minimum Gasteiger partial charge on any atom is -0.248 e. The van der Waals surface area contributed by atoms with Crippen LogP contribution in [-0.2, 0) is 10.0 Å². The topological polar surface area (TPSA) is 72.0 Å². The fourth-order valence-electron chi connectivity index (χ4n) is 1.49. The summed E-state index contributed by atoms with van der Waals surface area (Å²) < 4.78 is 27.0. The van der Waals surface area contributed by atoms with Crippen LogP contribution in [0.25, 0.3) is 0 Å². The standard InChI is InChI=1S/C11H12ClN3O2S2/c1-2-9(11-13-5-6-18-11)15-19(16,17)8-3-4-10(12)14-7-8/h3-7,9,15H,2H2,1H3. The molecule has 0 aliphatic rings. The zero-order valence-corrected chi connectivity index (χ0v) is 12.5. The molecule has 0 fully saturated rings. The van der Waals surface area contributed by atoms with Crippen molar-refractivity contribution >= 4 is 33.0 Å². The molecular weight excluding hydrogens is 306 g/mol. The maximum absolute atomic E-state index is 12.2. The van der Waals surface area contributed by atoms with Gasteiger partial charge < -0.3 is 0 Å². The molecule has 19 heavy (non-hydrogen) atoms. The van der Waals surface area contributed by atoms with Crippen molar-refractivity contribution in [3.05, 3.63) is 40.1 Å². The Bertz CT molecular complexity index is 626. The second-order valence-corrected chi connectivity index (χ2v) is 6.80. The van der Waals surface area contributed by atoms with E-state index in [9.17, 15) is 8.42 Å². The van der Waals surface area contributed by atoms with Crippen LogP contribution >= 0.6 is 22.9 Å². The number of aromatic nitrogens is 2. The first-order valence-electron chi connectivity index (χ1n) is 5.56. The number of sulfonamides is 1. The van der Waals surface area contributed by atoms with Gasteiger partial charge in [0, 0.05) is 17.8 Å². The van der Waals surface area contributed by atoms with Gasteiger partial charge in [-0.25, -0.2) is 23.1 Å². The lowest BCUT2D eigenvalue weighted by molar-refractivity contribution is 0.548. The summed E-state index contributed by atoms with van der Waals surface area (Å²) in [7, 11) is -3.62. The molecule has 1 atom stereocenters. The van der Waals surface area contributed by atoms with Crippen molar-refractivity contribution in [3.8, 4) is 0 Å². The van der Waals surface area contributed by atoms with Crippen molar-refractivity contribution in [3.63, 3.8) is 0 Å². The normalized spacial score (nSPS) is 13.4. The van der Waals surface area contributed by atoms with Gasteiger partial charge in [-0.05, 0) is 18.6 Å². The van der Waals surface area contributed by atoms with Gasteiger partial charge in [0.2, 0.25) is 10.0 Å². The Morgan fingerprint density at radius 3 is 2.74 bits per heavy atom. The molecule has 2 aromatic heterocycles. The van der Waals surface area contributed by atoms with E-state index in [0.717, 1.165) is 5.01 Å². The number of halogens is 1. The van der Waals surface area contributed by atoms with Crippen molar-refractivity contribution in [2.45, 2.75) is 24.3 Å². The number of rotatable bonds is 5. The molecule has 1 N–H and O–H groups in total. The van der Waals surface area contributed by atoms with Crippen LogP contribution in [0.2, 0.25) is 5.15 Å². The molecule has 5 nitrogen and oxygen atoms in total. The minimum absolute atomic E-state index is 0.0897. The maximum Gasteiger partial charge on any atom is 0.242 e. The number of nitrogens with zero attached hydrogens (tertiary/aromatic N) is 2. The first kappa shape index (κ1) is 14.4. The Morgan fingerprint density at radius 2 is 2.21 bits per heavy atom. The first-order chi connectivity index (χ1) is 9.03. The van der Waals surface area contributed by atoms with Gasteiger partial charge >= 0.3 is 0 Å². The molecule has 0 amide bonds.